The zero-order valence-electron chi connectivity index (χ0n) is 10.9. The van der Waals surface area contributed by atoms with Crippen LogP contribution in [-0.2, 0) is 28.4 Å². The van der Waals surface area contributed by atoms with Gasteiger partial charge in [-0.1, -0.05) is 12.1 Å². The van der Waals surface area contributed by atoms with Crippen molar-refractivity contribution in [1.29, 1.82) is 0 Å². The van der Waals surface area contributed by atoms with E-state index in [0.717, 1.165) is 9.75 Å². The molecule has 2 aromatic rings. The Labute approximate surface area is 129 Å². The third-order valence-electron chi connectivity index (χ3n) is 3.00. The molecular weight excluding hydrogens is 314 g/mol. The fraction of sp³-hybridized carbons (Fsp3) is 0.385. The zero-order chi connectivity index (χ0) is 14.4. The number of rotatable bonds is 8. The molecule has 0 saturated heterocycles. The highest BCUT2D eigenvalue weighted by Gasteiger charge is 2.34. The Bertz CT molecular complexity index is 489. The van der Waals surface area contributed by atoms with Crippen molar-refractivity contribution in [3.05, 3.63) is 44.8 Å². The average Bonchev–Trinajstić information content (AvgIpc) is 3.01. The highest BCUT2D eigenvalue weighted by Crippen LogP contribution is 2.30. The van der Waals surface area contributed by atoms with E-state index in [1.165, 1.54) is 0 Å². The van der Waals surface area contributed by atoms with Crippen LogP contribution in [0.2, 0.25) is 0 Å². The molecule has 1 unspecified atom stereocenters. The quantitative estimate of drug-likeness (QED) is 0.730. The average molecular weight is 331 g/mol. The summed E-state index contributed by atoms with van der Waals surface area (Å²) in [5.41, 5.74) is 4.96. The number of hydrogen-bond acceptors (Lipinski definition) is 5. The lowest BCUT2D eigenvalue weighted by Gasteiger charge is -2.30. The summed E-state index contributed by atoms with van der Waals surface area (Å²) in [6, 6.07) is 7.95. The molecule has 0 aromatic carbocycles. The van der Waals surface area contributed by atoms with E-state index in [4.69, 9.17) is 9.92 Å². The third-order valence-corrected chi connectivity index (χ3v) is 5.25. The largest absolute Gasteiger partial charge is 0.330 e. The molecule has 0 aliphatic heterocycles. The molecule has 4 nitrogen and oxygen atoms in total. The lowest BCUT2D eigenvalue weighted by Crippen LogP contribution is -2.40. The van der Waals surface area contributed by atoms with Gasteiger partial charge in [-0.2, -0.15) is 4.21 Å². The Kier molecular flexibility index (Phi) is 5.88. The van der Waals surface area contributed by atoms with E-state index in [2.05, 4.69) is 0 Å². The molecule has 2 heterocycles. The maximum atomic E-state index is 11.2. The van der Waals surface area contributed by atoms with Gasteiger partial charge in [-0.05, 0) is 35.9 Å². The molecule has 0 radical (unpaired) electrons. The van der Waals surface area contributed by atoms with E-state index in [9.17, 15) is 8.76 Å². The second-order valence-corrected chi connectivity index (χ2v) is 7.20. The fourth-order valence-electron chi connectivity index (χ4n) is 2.22. The molecule has 0 bridgehead atoms. The monoisotopic (exact) mass is 331 g/mol. The molecule has 3 N–H and O–H groups in total. The van der Waals surface area contributed by atoms with Gasteiger partial charge >= 0.3 is 11.4 Å². The van der Waals surface area contributed by atoms with Crippen molar-refractivity contribution < 1.29 is 12.9 Å². The zero-order valence-corrected chi connectivity index (χ0v) is 13.3. The van der Waals surface area contributed by atoms with Gasteiger partial charge in [-0.3, -0.25) is 8.74 Å². The van der Waals surface area contributed by atoms with Crippen LogP contribution >= 0.6 is 22.7 Å². The number of hydrogen-bond donors (Lipinski definition) is 2. The smallest absolute Gasteiger partial charge is 0.302 e. The van der Waals surface area contributed by atoms with E-state index in [0.29, 0.717) is 25.8 Å². The Balaban J connectivity index is 2.24. The van der Waals surface area contributed by atoms with Crippen LogP contribution in [0.15, 0.2) is 35.0 Å². The van der Waals surface area contributed by atoms with Crippen molar-refractivity contribution in [2.24, 2.45) is 5.73 Å². The Morgan fingerprint density at radius 1 is 1.20 bits per heavy atom. The minimum Gasteiger partial charge on any atom is -0.330 e. The Hall–Kier alpha value is -0.570. The molecule has 0 aliphatic rings. The van der Waals surface area contributed by atoms with E-state index >= 15 is 0 Å². The predicted octanol–water partition coefficient (Wildman–Crippen LogP) is 2.84. The number of nitrogens with two attached hydrogens (primary N) is 1. The minimum atomic E-state index is -2.31. The summed E-state index contributed by atoms with van der Waals surface area (Å²) in [4.78, 5) is 2.25. The van der Waals surface area contributed by atoms with Crippen LogP contribution in [0.5, 0.6) is 0 Å². The maximum absolute atomic E-state index is 11.2. The Morgan fingerprint density at radius 3 is 2.10 bits per heavy atom. The van der Waals surface area contributed by atoms with Crippen molar-refractivity contribution >= 4 is 34.0 Å². The predicted molar refractivity (Wildman–Crippen MR) is 84.3 cm³/mol. The van der Waals surface area contributed by atoms with Crippen LogP contribution in [0.4, 0.5) is 0 Å². The first-order valence-electron chi connectivity index (χ1n) is 6.19. The van der Waals surface area contributed by atoms with E-state index in [1.54, 1.807) is 22.7 Å². The summed E-state index contributed by atoms with van der Waals surface area (Å²) < 4.78 is 25.8. The first-order chi connectivity index (χ1) is 9.63. The molecule has 0 saturated carbocycles. The molecule has 7 heteroatoms. The van der Waals surface area contributed by atoms with E-state index in [-0.39, 0.29) is 0 Å². The second kappa shape index (κ2) is 7.44. The van der Waals surface area contributed by atoms with Crippen LogP contribution in [0.1, 0.15) is 16.2 Å². The summed E-state index contributed by atoms with van der Waals surface area (Å²) in [5, 5.41) is 3.98. The summed E-state index contributed by atoms with van der Waals surface area (Å²) in [6.45, 7) is 0.411. The van der Waals surface area contributed by atoms with Crippen molar-refractivity contribution in [1.82, 2.24) is 0 Å². The Morgan fingerprint density at radius 2 is 1.75 bits per heavy atom. The third kappa shape index (κ3) is 4.47. The molecule has 1 atom stereocenters. The lowest BCUT2D eigenvalue weighted by molar-refractivity contribution is 0.0692. The summed E-state index contributed by atoms with van der Waals surface area (Å²) in [6.07, 6.45) is 1.72. The normalized spacial score (nSPS) is 13.5. The van der Waals surface area contributed by atoms with Crippen LogP contribution in [-0.4, -0.2) is 20.9 Å². The van der Waals surface area contributed by atoms with Gasteiger partial charge in [0.25, 0.3) is 0 Å². The molecule has 2 rings (SSSR count). The van der Waals surface area contributed by atoms with E-state index < -0.39 is 17.0 Å². The van der Waals surface area contributed by atoms with Gasteiger partial charge in [0, 0.05) is 22.6 Å². The molecule has 20 heavy (non-hydrogen) atoms. The van der Waals surface area contributed by atoms with Crippen LogP contribution < -0.4 is 5.73 Å². The molecule has 2 aromatic heterocycles. The van der Waals surface area contributed by atoms with Crippen molar-refractivity contribution in [3.63, 3.8) is 0 Å². The first-order valence-corrected chi connectivity index (χ1v) is 8.98. The number of thiophene rings is 2. The SMILES string of the molecule is NCCC(Cc1cccs1)(Cc1cccs1)OS(=O)O. The van der Waals surface area contributed by atoms with Gasteiger partial charge in [0.05, 0.1) is 5.60 Å². The van der Waals surface area contributed by atoms with Crippen LogP contribution in [0.3, 0.4) is 0 Å². The van der Waals surface area contributed by atoms with Crippen molar-refractivity contribution in [3.8, 4) is 0 Å². The highest BCUT2D eigenvalue weighted by atomic mass is 32.2. The highest BCUT2D eigenvalue weighted by molar-refractivity contribution is 7.74. The van der Waals surface area contributed by atoms with Gasteiger partial charge in [0.2, 0.25) is 0 Å². The van der Waals surface area contributed by atoms with Gasteiger partial charge < -0.3 is 5.73 Å². The van der Waals surface area contributed by atoms with Crippen LogP contribution in [0.25, 0.3) is 0 Å². The summed E-state index contributed by atoms with van der Waals surface area (Å²) in [7, 11) is 0. The minimum absolute atomic E-state index is 0.411. The van der Waals surface area contributed by atoms with Crippen LogP contribution in [0, 0.1) is 0 Å². The van der Waals surface area contributed by atoms with E-state index in [1.807, 2.05) is 35.0 Å². The maximum Gasteiger partial charge on any atom is 0.302 e. The standard InChI is InChI=1S/C13H17NO3S3/c14-6-5-13(17-20(15)16,9-11-3-1-7-18-11)10-12-4-2-8-19-12/h1-4,7-8H,5-6,9-10,14H2,(H,15,16). The molecule has 0 spiro atoms. The lowest BCUT2D eigenvalue weighted by atomic mass is 9.90. The molecule has 0 fully saturated rings. The first kappa shape index (κ1) is 15.8. The molecule has 0 amide bonds. The van der Waals surface area contributed by atoms with Gasteiger partial charge in [-0.25, -0.2) is 0 Å². The molecule has 110 valence electrons. The fourth-order valence-corrected chi connectivity index (χ4v) is 4.39. The molecular formula is C13H17NO3S3. The van der Waals surface area contributed by atoms with Crippen molar-refractivity contribution in [2.75, 3.05) is 6.54 Å². The van der Waals surface area contributed by atoms with Crippen molar-refractivity contribution in [2.45, 2.75) is 24.9 Å². The molecule has 0 aliphatic carbocycles. The summed E-state index contributed by atoms with van der Waals surface area (Å²) >= 11 is 0.929. The second-order valence-electron chi connectivity index (χ2n) is 4.53. The van der Waals surface area contributed by atoms with Gasteiger partial charge in [-0.15, -0.1) is 22.7 Å². The topological polar surface area (TPSA) is 72.5 Å². The van der Waals surface area contributed by atoms with Gasteiger partial charge in [0.1, 0.15) is 0 Å². The summed E-state index contributed by atoms with van der Waals surface area (Å²) in [5.74, 6) is 0. The van der Waals surface area contributed by atoms with Gasteiger partial charge in [0.15, 0.2) is 0 Å².